The first-order chi connectivity index (χ1) is 8.13. The van der Waals surface area contributed by atoms with Crippen molar-refractivity contribution in [3.8, 4) is 0 Å². The molecule has 0 aromatic carbocycles. The Balaban J connectivity index is 0.00000289. The summed E-state index contributed by atoms with van der Waals surface area (Å²) in [5, 5.41) is 5.89. The molecule has 1 aliphatic rings. The lowest BCUT2D eigenvalue weighted by Crippen LogP contribution is -2.44. The minimum atomic E-state index is -0.152. The third-order valence-corrected chi connectivity index (χ3v) is 3.14. The summed E-state index contributed by atoms with van der Waals surface area (Å²) < 4.78 is 0. The van der Waals surface area contributed by atoms with Crippen molar-refractivity contribution in [3.63, 3.8) is 0 Å². The topological polar surface area (TPSA) is 61.4 Å². The molecule has 0 bridgehead atoms. The SMILES string of the molecule is CCNCC1CCN(C(=O)CNC(C)=O)CC1.Cl. The predicted molar refractivity (Wildman–Crippen MR) is 73.8 cm³/mol. The van der Waals surface area contributed by atoms with Crippen molar-refractivity contribution < 1.29 is 9.59 Å². The molecule has 1 fully saturated rings. The second-order valence-corrected chi connectivity index (χ2v) is 4.54. The van der Waals surface area contributed by atoms with Gasteiger partial charge in [0, 0.05) is 20.0 Å². The van der Waals surface area contributed by atoms with Crippen molar-refractivity contribution in [2.24, 2.45) is 5.92 Å². The molecule has 0 saturated carbocycles. The van der Waals surface area contributed by atoms with Gasteiger partial charge in [-0.05, 0) is 31.8 Å². The summed E-state index contributed by atoms with van der Waals surface area (Å²) in [7, 11) is 0. The molecule has 2 N–H and O–H groups in total. The molecule has 1 aliphatic heterocycles. The van der Waals surface area contributed by atoms with Gasteiger partial charge < -0.3 is 15.5 Å². The number of rotatable bonds is 5. The molecule has 0 spiro atoms. The van der Waals surface area contributed by atoms with Gasteiger partial charge in [-0.25, -0.2) is 0 Å². The van der Waals surface area contributed by atoms with Crippen LogP contribution in [0, 0.1) is 5.92 Å². The second kappa shape index (κ2) is 9.16. The maximum atomic E-state index is 11.7. The molecular weight excluding hydrogens is 254 g/mol. The molecule has 2 amide bonds. The van der Waals surface area contributed by atoms with Crippen molar-refractivity contribution in [1.29, 1.82) is 0 Å². The van der Waals surface area contributed by atoms with Crippen LogP contribution < -0.4 is 10.6 Å². The summed E-state index contributed by atoms with van der Waals surface area (Å²) in [4.78, 5) is 24.3. The van der Waals surface area contributed by atoms with Crippen LogP contribution in [0.4, 0.5) is 0 Å². The van der Waals surface area contributed by atoms with Gasteiger partial charge in [0.25, 0.3) is 0 Å². The zero-order valence-corrected chi connectivity index (χ0v) is 12.0. The van der Waals surface area contributed by atoms with Gasteiger partial charge in [0.2, 0.25) is 11.8 Å². The Hall–Kier alpha value is -0.810. The number of carbonyl (C=O) groups is 2. The highest BCUT2D eigenvalue weighted by molar-refractivity contribution is 5.85. The summed E-state index contributed by atoms with van der Waals surface area (Å²) in [6.07, 6.45) is 2.11. The number of likely N-dealkylation sites (tertiary alicyclic amines) is 1. The normalized spacial score (nSPS) is 16.0. The average molecular weight is 278 g/mol. The van der Waals surface area contributed by atoms with Crippen LogP contribution in [-0.4, -0.2) is 49.4 Å². The summed E-state index contributed by atoms with van der Waals surface area (Å²) in [6.45, 7) is 7.34. The highest BCUT2D eigenvalue weighted by atomic mass is 35.5. The molecule has 18 heavy (non-hydrogen) atoms. The number of nitrogens with zero attached hydrogens (tertiary/aromatic N) is 1. The average Bonchev–Trinajstić information content (AvgIpc) is 2.34. The Bertz CT molecular complexity index is 266. The van der Waals surface area contributed by atoms with Gasteiger partial charge in [0.15, 0.2) is 0 Å². The van der Waals surface area contributed by atoms with Gasteiger partial charge in [-0.2, -0.15) is 0 Å². The van der Waals surface area contributed by atoms with E-state index in [1.165, 1.54) is 6.92 Å². The first-order valence-electron chi connectivity index (χ1n) is 6.36. The van der Waals surface area contributed by atoms with Crippen molar-refractivity contribution in [2.45, 2.75) is 26.7 Å². The number of amides is 2. The summed E-state index contributed by atoms with van der Waals surface area (Å²) in [5.41, 5.74) is 0. The minimum absolute atomic E-state index is 0. The first kappa shape index (κ1) is 17.2. The van der Waals surface area contributed by atoms with E-state index in [1.54, 1.807) is 0 Å². The number of hydrogen-bond donors (Lipinski definition) is 2. The molecule has 106 valence electrons. The molecule has 1 rings (SSSR count). The molecule has 5 nitrogen and oxygen atoms in total. The Morgan fingerprint density at radius 3 is 2.39 bits per heavy atom. The van der Waals surface area contributed by atoms with Crippen LogP contribution in [0.5, 0.6) is 0 Å². The third kappa shape index (κ3) is 6.21. The van der Waals surface area contributed by atoms with Gasteiger partial charge in [0.05, 0.1) is 6.54 Å². The van der Waals surface area contributed by atoms with E-state index in [4.69, 9.17) is 0 Å². The standard InChI is InChI=1S/C12H23N3O2.ClH/c1-3-13-8-11-4-6-15(7-5-11)12(17)9-14-10(2)16;/h11,13H,3-9H2,1-2H3,(H,14,16);1H. The molecule has 0 aromatic heterocycles. The van der Waals surface area contributed by atoms with E-state index in [9.17, 15) is 9.59 Å². The fourth-order valence-electron chi connectivity index (χ4n) is 2.05. The van der Waals surface area contributed by atoms with Crippen LogP contribution in [0.1, 0.15) is 26.7 Å². The summed E-state index contributed by atoms with van der Waals surface area (Å²) in [6, 6.07) is 0. The van der Waals surface area contributed by atoms with Crippen LogP contribution in [0.25, 0.3) is 0 Å². The number of halogens is 1. The van der Waals surface area contributed by atoms with Crippen LogP contribution in [0.2, 0.25) is 0 Å². The van der Waals surface area contributed by atoms with E-state index >= 15 is 0 Å². The molecule has 0 unspecified atom stereocenters. The minimum Gasteiger partial charge on any atom is -0.347 e. The molecule has 0 atom stereocenters. The van der Waals surface area contributed by atoms with Crippen LogP contribution in [0.3, 0.4) is 0 Å². The van der Waals surface area contributed by atoms with E-state index < -0.39 is 0 Å². The molecular formula is C12H24ClN3O2. The molecule has 1 saturated heterocycles. The van der Waals surface area contributed by atoms with Gasteiger partial charge >= 0.3 is 0 Å². The van der Waals surface area contributed by atoms with Gasteiger partial charge in [-0.3, -0.25) is 9.59 Å². The first-order valence-corrected chi connectivity index (χ1v) is 6.36. The Morgan fingerprint density at radius 2 is 1.89 bits per heavy atom. The van der Waals surface area contributed by atoms with Gasteiger partial charge in [0.1, 0.15) is 0 Å². The zero-order valence-electron chi connectivity index (χ0n) is 11.2. The maximum absolute atomic E-state index is 11.7. The van der Waals surface area contributed by atoms with Crippen molar-refractivity contribution >= 4 is 24.2 Å². The number of carbonyl (C=O) groups excluding carboxylic acids is 2. The molecule has 0 aromatic rings. The van der Waals surface area contributed by atoms with Crippen LogP contribution in [0.15, 0.2) is 0 Å². The van der Waals surface area contributed by atoms with Crippen molar-refractivity contribution in [2.75, 3.05) is 32.7 Å². The van der Waals surface area contributed by atoms with E-state index in [0.717, 1.165) is 39.0 Å². The maximum Gasteiger partial charge on any atom is 0.241 e. The smallest absolute Gasteiger partial charge is 0.241 e. The fourth-order valence-corrected chi connectivity index (χ4v) is 2.05. The van der Waals surface area contributed by atoms with Crippen molar-refractivity contribution in [1.82, 2.24) is 15.5 Å². The second-order valence-electron chi connectivity index (χ2n) is 4.54. The van der Waals surface area contributed by atoms with Gasteiger partial charge in [-0.15, -0.1) is 12.4 Å². The largest absolute Gasteiger partial charge is 0.347 e. The van der Waals surface area contributed by atoms with E-state index in [-0.39, 0.29) is 30.8 Å². The molecule has 0 radical (unpaired) electrons. The van der Waals surface area contributed by atoms with Crippen LogP contribution in [-0.2, 0) is 9.59 Å². The lowest BCUT2D eigenvalue weighted by molar-refractivity contribution is -0.133. The highest BCUT2D eigenvalue weighted by Gasteiger charge is 2.22. The summed E-state index contributed by atoms with van der Waals surface area (Å²) >= 11 is 0. The van der Waals surface area contributed by atoms with Gasteiger partial charge in [-0.1, -0.05) is 6.92 Å². The Morgan fingerprint density at radius 1 is 1.28 bits per heavy atom. The number of piperidine rings is 1. The lowest BCUT2D eigenvalue weighted by Gasteiger charge is -2.32. The number of nitrogens with one attached hydrogen (secondary N) is 2. The fraction of sp³-hybridized carbons (Fsp3) is 0.833. The number of hydrogen-bond acceptors (Lipinski definition) is 3. The van der Waals surface area contributed by atoms with E-state index in [0.29, 0.717) is 5.92 Å². The van der Waals surface area contributed by atoms with E-state index in [1.807, 2.05) is 4.90 Å². The Labute approximate surface area is 115 Å². The molecule has 0 aliphatic carbocycles. The van der Waals surface area contributed by atoms with Crippen molar-refractivity contribution in [3.05, 3.63) is 0 Å². The van der Waals surface area contributed by atoms with Crippen LogP contribution >= 0.6 is 12.4 Å². The quantitative estimate of drug-likeness (QED) is 0.764. The monoisotopic (exact) mass is 277 g/mol. The predicted octanol–water partition coefficient (Wildman–Crippen LogP) is 0.392. The molecule has 1 heterocycles. The molecule has 6 heteroatoms. The third-order valence-electron chi connectivity index (χ3n) is 3.14. The summed E-state index contributed by atoms with van der Waals surface area (Å²) in [5.74, 6) is 0.558. The Kier molecular flexibility index (Phi) is 8.75. The van der Waals surface area contributed by atoms with E-state index in [2.05, 4.69) is 17.6 Å². The zero-order chi connectivity index (χ0) is 12.7. The highest BCUT2D eigenvalue weighted by Crippen LogP contribution is 2.16. The lowest BCUT2D eigenvalue weighted by atomic mass is 9.97.